The Labute approximate surface area is 96.2 Å². The van der Waals surface area contributed by atoms with E-state index in [9.17, 15) is 4.79 Å². The molecule has 0 aliphatic carbocycles. The van der Waals surface area contributed by atoms with Gasteiger partial charge in [-0.15, -0.1) is 0 Å². The Kier molecular flexibility index (Phi) is 2.97. The number of benzene rings is 1. The van der Waals surface area contributed by atoms with Crippen LogP contribution in [0.15, 0.2) is 12.1 Å². The van der Waals surface area contributed by atoms with Gasteiger partial charge in [0.15, 0.2) is 0 Å². The molecule has 86 valence electrons. The zero-order valence-electron chi connectivity index (χ0n) is 10.1. The number of rotatable bonds is 1. The van der Waals surface area contributed by atoms with E-state index in [4.69, 9.17) is 0 Å². The third kappa shape index (κ3) is 1.95. The number of nitrogens with one attached hydrogen (secondary N) is 2. The Balaban J connectivity index is 2.42. The maximum atomic E-state index is 11.8. The number of carbonyl (C=O) groups is 1. The zero-order chi connectivity index (χ0) is 11.7. The minimum atomic E-state index is -0.186. The van der Waals surface area contributed by atoms with Crippen LogP contribution in [0, 0.1) is 20.8 Å². The summed E-state index contributed by atoms with van der Waals surface area (Å²) >= 11 is 0. The van der Waals surface area contributed by atoms with Crippen molar-refractivity contribution >= 4 is 5.91 Å². The maximum absolute atomic E-state index is 11.8. The summed E-state index contributed by atoms with van der Waals surface area (Å²) in [6.45, 7) is 7.78. The van der Waals surface area contributed by atoms with Crippen LogP contribution in [0.4, 0.5) is 0 Å². The van der Waals surface area contributed by atoms with Gasteiger partial charge in [0.2, 0.25) is 5.91 Å². The standard InChI is InChI=1S/C13H18N2O/c1-8-6-9(2)11(10(3)7-8)12-13(16)15-5-4-14-12/h6-7,12,14H,4-5H2,1-3H3,(H,15,16)/t12-/m1/s1. The van der Waals surface area contributed by atoms with E-state index in [1.807, 2.05) is 0 Å². The molecule has 1 aromatic rings. The highest BCUT2D eigenvalue weighted by atomic mass is 16.2. The summed E-state index contributed by atoms with van der Waals surface area (Å²) in [6.07, 6.45) is 0. The summed E-state index contributed by atoms with van der Waals surface area (Å²) < 4.78 is 0. The van der Waals surface area contributed by atoms with Gasteiger partial charge in [-0.05, 0) is 37.5 Å². The first kappa shape index (κ1) is 11.1. The lowest BCUT2D eigenvalue weighted by Gasteiger charge is -2.26. The van der Waals surface area contributed by atoms with Gasteiger partial charge in [0, 0.05) is 13.1 Å². The Hall–Kier alpha value is -1.35. The largest absolute Gasteiger partial charge is 0.353 e. The summed E-state index contributed by atoms with van der Waals surface area (Å²) in [7, 11) is 0. The molecule has 3 nitrogen and oxygen atoms in total. The maximum Gasteiger partial charge on any atom is 0.241 e. The van der Waals surface area contributed by atoms with Crippen molar-refractivity contribution < 1.29 is 4.79 Å². The fourth-order valence-electron chi connectivity index (χ4n) is 2.48. The van der Waals surface area contributed by atoms with Crippen LogP contribution < -0.4 is 10.6 Å². The highest BCUT2D eigenvalue weighted by Gasteiger charge is 2.25. The Morgan fingerprint density at radius 1 is 1.12 bits per heavy atom. The highest BCUT2D eigenvalue weighted by Crippen LogP contribution is 2.24. The van der Waals surface area contributed by atoms with Crippen LogP contribution in [-0.2, 0) is 4.79 Å². The van der Waals surface area contributed by atoms with Crippen molar-refractivity contribution in [2.45, 2.75) is 26.8 Å². The van der Waals surface area contributed by atoms with E-state index in [2.05, 4.69) is 43.5 Å². The second-order valence-electron chi connectivity index (χ2n) is 4.49. The topological polar surface area (TPSA) is 41.1 Å². The second-order valence-corrected chi connectivity index (χ2v) is 4.49. The molecule has 0 saturated carbocycles. The molecule has 0 radical (unpaired) electrons. The number of piperazine rings is 1. The van der Waals surface area contributed by atoms with Crippen molar-refractivity contribution in [1.82, 2.24) is 10.6 Å². The lowest BCUT2D eigenvalue weighted by atomic mass is 9.93. The first-order valence-electron chi connectivity index (χ1n) is 5.68. The number of amides is 1. The Morgan fingerprint density at radius 2 is 1.75 bits per heavy atom. The molecule has 1 aliphatic rings. The molecule has 1 saturated heterocycles. The molecule has 2 N–H and O–H groups in total. The number of hydrogen-bond acceptors (Lipinski definition) is 2. The van der Waals surface area contributed by atoms with Gasteiger partial charge in [-0.3, -0.25) is 4.79 Å². The number of aryl methyl sites for hydroxylation is 3. The average Bonchev–Trinajstić information content (AvgIpc) is 2.19. The van der Waals surface area contributed by atoms with E-state index in [0.717, 1.165) is 18.7 Å². The summed E-state index contributed by atoms with van der Waals surface area (Å²) in [5.41, 5.74) is 4.75. The number of hydrogen-bond donors (Lipinski definition) is 2. The van der Waals surface area contributed by atoms with Gasteiger partial charge in [-0.2, -0.15) is 0 Å². The van der Waals surface area contributed by atoms with Gasteiger partial charge in [0.05, 0.1) is 0 Å². The molecule has 3 heteroatoms. The fourth-order valence-corrected chi connectivity index (χ4v) is 2.48. The van der Waals surface area contributed by atoms with Gasteiger partial charge < -0.3 is 10.6 Å². The minimum absolute atomic E-state index is 0.0845. The summed E-state index contributed by atoms with van der Waals surface area (Å²) in [5, 5.41) is 6.17. The molecule has 2 rings (SSSR count). The van der Waals surface area contributed by atoms with E-state index in [1.165, 1.54) is 16.7 Å². The van der Waals surface area contributed by atoms with Crippen LogP contribution in [0.3, 0.4) is 0 Å². The molecule has 16 heavy (non-hydrogen) atoms. The predicted octanol–water partition coefficient (Wildman–Crippen LogP) is 1.37. The lowest BCUT2D eigenvalue weighted by Crippen LogP contribution is -2.47. The molecule has 0 unspecified atom stereocenters. The van der Waals surface area contributed by atoms with E-state index in [-0.39, 0.29) is 11.9 Å². The molecule has 1 heterocycles. The molecular weight excluding hydrogens is 200 g/mol. The van der Waals surface area contributed by atoms with Crippen molar-refractivity contribution in [3.05, 3.63) is 34.4 Å². The van der Waals surface area contributed by atoms with Gasteiger partial charge in [-0.1, -0.05) is 17.7 Å². The first-order chi connectivity index (χ1) is 7.59. The third-order valence-corrected chi connectivity index (χ3v) is 3.06. The number of carbonyl (C=O) groups excluding carboxylic acids is 1. The Bertz CT molecular complexity index is 403. The van der Waals surface area contributed by atoms with Gasteiger partial charge in [-0.25, -0.2) is 0 Å². The van der Waals surface area contributed by atoms with Gasteiger partial charge >= 0.3 is 0 Å². The van der Waals surface area contributed by atoms with Crippen LogP contribution in [0.1, 0.15) is 28.3 Å². The minimum Gasteiger partial charge on any atom is -0.353 e. The van der Waals surface area contributed by atoms with Crippen molar-refractivity contribution in [2.24, 2.45) is 0 Å². The quantitative estimate of drug-likeness (QED) is 0.747. The summed E-state index contributed by atoms with van der Waals surface area (Å²) in [4.78, 5) is 11.8. The van der Waals surface area contributed by atoms with E-state index >= 15 is 0 Å². The molecular formula is C13H18N2O. The van der Waals surface area contributed by atoms with E-state index < -0.39 is 0 Å². The highest BCUT2D eigenvalue weighted by molar-refractivity contribution is 5.84. The molecule has 1 atom stereocenters. The predicted molar refractivity (Wildman–Crippen MR) is 64.4 cm³/mol. The first-order valence-corrected chi connectivity index (χ1v) is 5.68. The molecule has 1 fully saturated rings. The summed E-state index contributed by atoms with van der Waals surface area (Å²) in [6, 6.07) is 4.08. The molecule has 1 aliphatic heterocycles. The van der Waals surface area contributed by atoms with Crippen molar-refractivity contribution in [3.63, 3.8) is 0 Å². The fraction of sp³-hybridized carbons (Fsp3) is 0.462. The SMILES string of the molecule is Cc1cc(C)c([C@H]2NCCNC2=O)c(C)c1. The monoisotopic (exact) mass is 218 g/mol. The van der Waals surface area contributed by atoms with Crippen molar-refractivity contribution in [3.8, 4) is 0 Å². The van der Waals surface area contributed by atoms with E-state index in [0.29, 0.717) is 0 Å². The second kappa shape index (κ2) is 4.26. The lowest BCUT2D eigenvalue weighted by molar-refractivity contribution is -0.124. The Morgan fingerprint density at radius 3 is 2.31 bits per heavy atom. The van der Waals surface area contributed by atoms with Crippen molar-refractivity contribution in [1.29, 1.82) is 0 Å². The molecule has 1 amide bonds. The molecule has 0 spiro atoms. The third-order valence-electron chi connectivity index (χ3n) is 3.06. The average molecular weight is 218 g/mol. The van der Waals surface area contributed by atoms with Crippen LogP contribution >= 0.6 is 0 Å². The molecule has 0 bridgehead atoms. The smallest absolute Gasteiger partial charge is 0.241 e. The summed E-state index contributed by atoms with van der Waals surface area (Å²) in [5.74, 6) is 0.0845. The van der Waals surface area contributed by atoms with Crippen LogP contribution in [0.2, 0.25) is 0 Å². The van der Waals surface area contributed by atoms with Gasteiger partial charge in [0.25, 0.3) is 0 Å². The molecule has 0 aromatic heterocycles. The van der Waals surface area contributed by atoms with Crippen LogP contribution in [0.25, 0.3) is 0 Å². The van der Waals surface area contributed by atoms with Crippen LogP contribution in [-0.4, -0.2) is 19.0 Å². The molecule has 1 aromatic carbocycles. The van der Waals surface area contributed by atoms with E-state index in [1.54, 1.807) is 0 Å². The van der Waals surface area contributed by atoms with Crippen molar-refractivity contribution in [2.75, 3.05) is 13.1 Å². The zero-order valence-corrected chi connectivity index (χ0v) is 10.1. The normalized spacial score (nSPS) is 20.7. The van der Waals surface area contributed by atoms with Gasteiger partial charge in [0.1, 0.15) is 6.04 Å². The van der Waals surface area contributed by atoms with Crippen LogP contribution in [0.5, 0.6) is 0 Å².